The molecule has 0 aliphatic carbocycles. The summed E-state index contributed by atoms with van der Waals surface area (Å²) in [5.41, 5.74) is 0. The van der Waals surface area contributed by atoms with Gasteiger partial charge in [-0.3, -0.25) is 0 Å². The monoisotopic (exact) mass is 394 g/mol. The third-order valence-corrected chi connectivity index (χ3v) is 6.76. The Labute approximate surface area is 181 Å². The molecule has 0 aliphatic rings. The van der Waals surface area contributed by atoms with Gasteiger partial charge in [0.05, 0.1) is 0 Å². The van der Waals surface area contributed by atoms with Crippen molar-refractivity contribution in [1.82, 2.24) is 0 Å². The van der Waals surface area contributed by atoms with Crippen LogP contribution in [0.1, 0.15) is 175 Å². The maximum absolute atomic E-state index is 2.42. The van der Waals surface area contributed by atoms with Gasteiger partial charge >= 0.3 is 0 Å². The minimum atomic E-state index is 1.02. The quantitative estimate of drug-likeness (QED) is 0.143. The molecule has 0 nitrogen and oxygen atoms in total. The van der Waals surface area contributed by atoms with Crippen LogP contribution in [-0.4, -0.2) is 0 Å². The number of unbranched alkanes of at least 4 members (excludes halogenated alkanes) is 19. The zero-order chi connectivity index (χ0) is 20.5. The van der Waals surface area contributed by atoms with Crippen molar-refractivity contribution in [3.8, 4) is 0 Å². The lowest BCUT2D eigenvalue weighted by molar-refractivity contribution is 0.392. The second kappa shape index (κ2) is 25.0. The van der Waals surface area contributed by atoms with Gasteiger partial charge in [-0.1, -0.05) is 175 Å². The van der Waals surface area contributed by atoms with E-state index in [1.165, 1.54) is 154 Å². The standard InChI is InChI=1S/C28H58/c1-4-7-9-11-13-15-17-19-21-23-25-27-28(6-3)26-24-22-20-18-16-14-12-10-8-5-2/h28H,4-27H2,1-3H3. The molecule has 0 aromatic carbocycles. The maximum Gasteiger partial charge on any atom is -0.0417 e. The predicted molar refractivity (Wildman–Crippen MR) is 131 cm³/mol. The first-order chi connectivity index (χ1) is 13.8. The van der Waals surface area contributed by atoms with Crippen LogP contribution >= 0.6 is 0 Å². The molecule has 0 fully saturated rings. The van der Waals surface area contributed by atoms with E-state index in [9.17, 15) is 0 Å². The van der Waals surface area contributed by atoms with Crippen LogP contribution in [0.4, 0.5) is 0 Å². The Bertz CT molecular complexity index is 257. The minimum Gasteiger partial charge on any atom is -0.0654 e. The van der Waals surface area contributed by atoms with Crippen molar-refractivity contribution >= 4 is 0 Å². The summed E-state index contributed by atoms with van der Waals surface area (Å²) in [5.74, 6) is 1.02. The number of hydrogen-bond acceptors (Lipinski definition) is 0. The number of rotatable bonds is 24. The van der Waals surface area contributed by atoms with Crippen molar-refractivity contribution in [1.29, 1.82) is 0 Å². The average molecular weight is 395 g/mol. The van der Waals surface area contributed by atoms with Crippen molar-refractivity contribution in [2.45, 2.75) is 175 Å². The Balaban J connectivity index is 3.27. The molecule has 0 amide bonds. The summed E-state index contributed by atoms with van der Waals surface area (Å²) >= 11 is 0. The summed E-state index contributed by atoms with van der Waals surface area (Å²) in [6.07, 6.45) is 35.3. The zero-order valence-electron chi connectivity index (χ0n) is 20.5. The third kappa shape index (κ3) is 22.3. The van der Waals surface area contributed by atoms with Crippen molar-refractivity contribution in [2.75, 3.05) is 0 Å². The van der Waals surface area contributed by atoms with E-state index in [4.69, 9.17) is 0 Å². The molecule has 0 rings (SSSR count). The van der Waals surface area contributed by atoms with E-state index in [0.29, 0.717) is 0 Å². The molecule has 0 bridgehead atoms. The molecule has 0 spiro atoms. The van der Waals surface area contributed by atoms with Crippen LogP contribution < -0.4 is 0 Å². The predicted octanol–water partition coefficient (Wildman–Crippen LogP) is 11.0. The highest BCUT2D eigenvalue weighted by Gasteiger charge is 2.06. The van der Waals surface area contributed by atoms with Crippen molar-refractivity contribution in [3.63, 3.8) is 0 Å². The zero-order valence-corrected chi connectivity index (χ0v) is 20.5. The van der Waals surface area contributed by atoms with Gasteiger partial charge in [0, 0.05) is 0 Å². The lowest BCUT2D eigenvalue weighted by Crippen LogP contribution is -1.99. The minimum absolute atomic E-state index is 1.02. The van der Waals surface area contributed by atoms with Crippen LogP contribution in [0, 0.1) is 5.92 Å². The summed E-state index contributed by atoms with van der Waals surface area (Å²) < 4.78 is 0. The van der Waals surface area contributed by atoms with Gasteiger partial charge in [-0.2, -0.15) is 0 Å². The van der Waals surface area contributed by atoms with Crippen LogP contribution in [0.25, 0.3) is 0 Å². The Morgan fingerprint density at radius 1 is 0.321 bits per heavy atom. The highest BCUT2D eigenvalue weighted by atomic mass is 14.1. The fourth-order valence-corrected chi connectivity index (χ4v) is 4.57. The van der Waals surface area contributed by atoms with E-state index in [0.717, 1.165) is 5.92 Å². The maximum atomic E-state index is 2.42. The molecule has 0 aromatic rings. The van der Waals surface area contributed by atoms with E-state index >= 15 is 0 Å². The van der Waals surface area contributed by atoms with Gasteiger partial charge in [0.1, 0.15) is 0 Å². The molecule has 1 atom stereocenters. The molecule has 0 heterocycles. The lowest BCUT2D eigenvalue weighted by atomic mass is 9.92. The second-order valence-corrected chi connectivity index (χ2v) is 9.57. The van der Waals surface area contributed by atoms with Crippen molar-refractivity contribution in [2.24, 2.45) is 5.92 Å². The SMILES string of the molecule is CCCCCCCCCCCCCC(CC)CCCCCCCCCCCC. The summed E-state index contributed by atoms with van der Waals surface area (Å²) in [5, 5.41) is 0. The summed E-state index contributed by atoms with van der Waals surface area (Å²) in [6.45, 7) is 7.03. The fourth-order valence-electron chi connectivity index (χ4n) is 4.57. The van der Waals surface area contributed by atoms with Gasteiger partial charge in [0.2, 0.25) is 0 Å². The summed E-state index contributed by atoms with van der Waals surface area (Å²) in [6, 6.07) is 0. The highest BCUT2D eigenvalue weighted by molar-refractivity contribution is 4.59. The lowest BCUT2D eigenvalue weighted by Gasteiger charge is -2.14. The largest absolute Gasteiger partial charge is 0.0654 e. The van der Waals surface area contributed by atoms with Crippen LogP contribution in [0.2, 0.25) is 0 Å². The summed E-state index contributed by atoms with van der Waals surface area (Å²) in [7, 11) is 0. The molecule has 0 aliphatic heterocycles. The van der Waals surface area contributed by atoms with Crippen molar-refractivity contribution < 1.29 is 0 Å². The van der Waals surface area contributed by atoms with Gasteiger partial charge in [0.25, 0.3) is 0 Å². The van der Waals surface area contributed by atoms with Gasteiger partial charge in [0.15, 0.2) is 0 Å². The third-order valence-electron chi connectivity index (χ3n) is 6.76. The first kappa shape index (κ1) is 28.0. The average Bonchev–Trinajstić information content (AvgIpc) is 2.71. The van der Waals surface area contributed by atoms with Gasteiger partial charge in [-0.25, -0.2) is 0 Å². The van der Waals surface area contributed by atoms with E-state index in [1.54, 1.807) is 0 Å². The molecule has 0 radical (unpaired) electrons. The molecule has 0 saturated heterocycles. The van der Waals surface area contributed by atoms with Gasteiger partial charge in [-0.15, -0.1) is 0 Å². The highest BCUT2D eigenvalue weighted by Crippen LogP contribution is 2.22. The van der Waals surface area contributed by atoms with Crippen LogP contribution in [-0.2, 0) is 0 Å². The molecule has 0 heteroatoms. The molecular formula is C28H58. The van der Waals surface area contributed by atoms with E-state index < -0.39 is 0 Å². The topological polar surface area (TPSA) is 0 Å². The van der Waals surface area contributed by atoms with Gasteiger partial charge < -0.3 is 0 Å². The molecule has 0 saturated carbocycles. The fraction of sp³-hybridized carbons (Fsp3) is 1.00. The second-order valence-electron chi connectivity index (χ2n) is 9.57. The van der Waals surface area contributed by atoms with Crippen molar-refractivity contribution in [3.05, 3.63) is 0 Å². The van der Waals surface area contributed by atoms with E-state index in [-0.39, 0.29) is 0 Å². The van der Waals surface area contributed by atoms with Crippen LogP contribution in [0.3, 0.4) is 0 Å². The molecule has 0 aromatic heterocycles. The molecule has 28 heavy (non-hydrogen) atoms. The Kier molecular flexibility index (Phi) is 25.0. The van der Waals surface area contributed by atoms with Crippen LogP contribution in [0.15, 0.2) is 0 Å². The normalized spacial score (nSPS) is 12.5. The first-order valence-corrected chi connectivity index (χ1v) is 13.8. The number of hydrogen-bond donors (Lipinski definition) is 0. The molecule has 1 unspecified atom stereocenters. The first-order valence-electron chi connectivity index (χ1n) is 13.8. The molecule has 170 valence electrons. The summed E-state index contributed by atoms with van der Waals surface area (Å²) in [4.78, 5) is 0. The van der Waals surface area contributed by atoms with Crippen LogP contribution in [0.5, 0.6) is 0 Å². The molecule has 0 N–H and O–H groups in total. The van der Waals surface area contributed by atoms with Gasteiger partial charge in [-0.05, 0) is 5.92 Å². The van der Waals surface area contributed by atoms with E-state index in [1.807, 2.05) is 0 Å². The smallest absolute Gasteiger partial charge is 0.0417 e. The van der Waals surface area contributed by atoms with E-state index in [2.05, 4.69) is 20.8 Å². The Morgan fingerprint density at radius 3 is 0.821 bits per heavy atom. The Hall–Kier alpha value is 0. The molecular weight excluding hydrogens is 336 g/mol. The Morgan fingerprint density at radius 2 is 0.571 bits per heavy atom.